The number of hydrogen-bond donors (Lipinski definition) is 1. The van der Waals surface area contributed by atoms with Gasteiger partial charge in [0.1, 0.15) is 17.4 Å². The van der Waals surface area contributed by atoms with E-state index >= 15 is 0 Å². The van der Waals surface area contributed by atoms with Crippen molar-refractivity contribution < 1.29 is 4.74 Å². The van der Waals surface area contributed by atoms with Gasteiger partial charge in [-0.3, -0.25) is 0 Å². The maximum absolute atomic E-state index is 5.93. The fourth-order valence-corrected chi connectivity index (χ4v) is 1.93. The molecule has 0 fully saturated rings. The van der Waals surface area contributed by atoms with E-state index < -0.39 is 0 Å². The number of ether oxygens (including phenoxy) is 1. The predicted octanol–water partition coefficient (Wildman–Crippen LogP) is 4.35. The topological polar surface area (TPSA) is 61.0 Å². The first-order chi connectivity index (χ1) is 9.38. The average Bonchev–Trinajstić information content (AvgIpc) is 2.38. The molecule has 2 N–H and O–H groups in total. The van der Waals surface area contributed by atoms with E-state index in [1.807, 2.05) is 45.9 Å². The first kappa shape index (κ1) is 14.8. The van der Waals surface area contributed by atoms with Gasteiger partial charge in [-0.05, 0) is 37.6 Å². The fourth-order valence-electron chi connectivity index (χ4n) is 1.68. The second-order valence-electron chi connectivity index (χ2n) is 5.06. The summed E-state index contributed by atoms with van der Waals surface area (Å²) >= 11 is 3.47. The number of rotatable bonds is 3. The number of nitrogen functional groups attached to an aromatic ring is 1. The Balaban J connectivity index is 2.39. The maximum Gasteiger partial charge on any atom is 0.227 e. The van der Waals surface area contributed by atoms with E-state index in [1.165, 1.54) is 0 Å². The predicted molar refractivity (Wildman–Crippen MR) is 84.2 cm³/mol. The van der Waals surface area contributed by atoms with Gasteiger partial charge in [-0.25, -0.2) is 4.98 Å². The van der Waals surface area contributed by atoms with Gasteiger partial charge < -0.3 is 10.5 Å². The molecule has 0 saturated heterocycles. The van der Waals surface area contributed by atoms with Gasteiger partial charge in [-0.2, -0.15) is 4.98 Å². The van der Waals surface area contributed by atoms with Crippen LogP contribution in [0.4, 0.5) is 5.82 Å². The Labute approximate surface area is 127 Å². The summed E-state index contributed by atoms with van der Waals surface area (Å²) in [6.07, 6.45) is 0. The highest BCUT2D eigenvalue weighted by atomic mass is 79.9. The van der Waals surface area contributed by atoms with E-state index in [0.29, 0.717) is 17.5 Å². The highest BCUT2D eigenvalue weighted by Crippen LogP contribution is 2.29. The van der Waals surface area contributed by atoms with Crippen LogP contribution in [0, 0.1) is 13.8 Å². The van der Waals surface area contributed by atoms with Gasteiger partial charge in [-0.1, -0.05) is 29.8 Å². The van der Waals surface area contributed by atoms with Crippen LogP contribution in [0.3, 0.4) is 0 Å². The molecule has 0 atom stereocenters. The number of nitrogens with zero attached hydrogens (tertiary/aromatic N) is 2. The lowest BCUT2D eigenvalue weighted by atomic mass is 10.2. The van der Waals surface area contributed by atoms with Crippen molar-refractivity contribution in [2.45, 2.75) is 33.6 Å². The van der Waals surface area contributed by atoms with Crippen LogP contribution >= 0.6 is 15.9 Å². The van der Waals surface area contributed by atoms with Crippen LogP contribution in [0.1, 0.15) is 36.7 Å². The molecule has 0 aliphatic rings. The number of nitrogens with two attached hydrogens (primary N) is 1. The van der Waals surface area contributed by atoms with Crippen LogP contribution in [0.15, 0.2) is 22.7 Å². The van der Waals surface area contributed by atoms with Crippen LogP contribution < -0.4 is 10.5 Å². The second-order valence-corrected chi connectivity index (χ2v) is 5.92. The van der Waals surface area contributed by atoms with E-state index in [9.17, 15) is 0 Å². The summed E-state index contributed by atoms with van der Waals surface area (Å²) in [7, 11) is 0. The molecule has 1 aromatic heterocycles. The molecule has 4 nitrogen and oxygen atoms in total. The summed E-state index contributed by atoms with van der Waals surface area (Å²) in [5, 5.41) is 0. The normalized spacial score (nSPS) is 10.9. The minimum atomic E-state index is 0.201. The van der Waals surface area contributed by atoms with E-state index in [-0.39, 0.29) is 5.92 Å². The second kappa shape index (κ2) is 5.79. The van der Waals surface area contributed by atoms with E-state index in [4.69, 9.17) is 10.5 Å². The molecule has 2 rings (SSSR count). The van der Waals surface area contributed by atoms with E-state index in [1.54, 1.807) is 0 Å². The first-order valence-electron chi connectivity index (χ1n) is 6.46. The van der Waals surface area contributed by atoms with Crippen LogP contribution in [0.25, 0.3) is 0 Å². The number of aromatic nitrogens is 2. The van der Waals surface area contributed by atoms with Gasteiger partial charge >= 0.3 is 0 Å². The smallest absolute Gasteiger partial charge is 0.227 e. The van der Waals surface area contributed by atoms with Gasteiger partial charge in [0, 0.05) is 10.4 Å². The molecule has 0 unspecified atom stereocenters. The van der Waals surface area contributed by atoms with Gasteiger partial charge in [0.15, 0.2) is 0 Å². The Morgan fingerprint density at radius 2 is 1.90 bits per heavy atom. The van der Waals surface area contributed by atoms with Crippen molar-refractivity contribution >= 4 is 21.7 Å². The summed E-state index contributed by atoms with van der Waals surface area (Å²) < 4.78 is 6.91. The number of halogens is 1. The molecule has 0 bridgehead atoms. The fraction of sp³-hybridized carbons (Fsp3) is 0.333. The molecule has 106 valence electrons. The lowest BCUT2D eigenvalue weighted by Crippen LogP contribution is -2.06. The number of aryl methyl sites for hydroxylation is 1. The van der Waals surface area contributed by atoms with Crippen molar-refractivity contribution in [3.63, 3.8) is 0 Å². The highest BCUT2D eigenvalue weighted by molar-refractivity contribution is 9.10. The summed E-state index contributed by atoms with van der Waals surface area (Å²) in [5.41, 5.74) is 7.79. The minimum absolute atomic E-state index is 0.201. The average molecular weight is 336 g/mol. The highest BCUT2D eigenvalue weighted by Gasteiger charge is 2.13. The number of anilines is 1. The SMILES string of the molecule is Cc1cc(Oc2nc(C(C)C)nc(N)c2C)ccc1Br. The van der Waals surface area contributed by atoms with Crippen LogP contribution in [0.2, 0.25) is 0 Å². The molecule has 0 aliphatic carbocycles. The number of benzene rings is 1. The third-order valence-electron chi connectivity index (χ3n) is 3.02. The van der Waals surface area contributed by atoms with Crippen LogP contribution in [-0.2, 0) is 0 Å². The molecule has 1 aromatic carbocycles. The largest absolute Gasteiger partial charge is 0.439 e. The van der Waals surface area contributed by atoms with Crippen molar-refractivity contribution in [1.29, 1.82) is 0 Å². The Bertz CT molecular complexity index is 641. The summed E-state index contributed by atoms with van der Waals surface area (Å²) in [5.74, 6) is 2.61. The summed E-state index contributed by atoms with van der Waals surface area (Å²) in [4.78, 5) is 8.74. The Kier molecular flexibility index (Phi) is 4.28. The van der Waals surface area contributed by atoms with Gasteiger partial charge in [0.05, 0.1) is 5.56 Å². The number of hydrogen-bond acceptors (Lipinski definition) is 4. The Morgan fingerprint density at radius 3 is 2.50 bits per heavy atom. The molecule has 0 amide bonds. The van der Waals surface area contributed by atoms with Crippen molar-refractivity contribution in [3.05, 3.63) is 39.6 Å². The van der Waals surface area contributed by atoms with Gasteiger partial charge in [0.2, 0.25) is 5.88 Å². The van der Waals surface area contributed by atoms with Crippen molar-refractivity contribution in [3.8, 4) is 11.6 Å². The van der Waals surface area contributed by atoms with Crippen molar-refractivity contribution in [2.24, 2.45) is 0 Å². The Hall–Kier alpha value is -1.62. The van der Waals surface area contributed by atoms with Gasteiger partial charge in [0.25, 0.3) is 0 Å². The molecular weight excluding hydrogens is 318 g/mol. The molecular formula is C15H18BrN3O. The maximum atomic E-state index is 5.93. The van der Waals surface area contributed by atoms with Crippen LogP contribution in [-0.4, -0.2) is 9.97 Å². The molecule has 5 heteroatoms. The monoisotopic (exact) mass is 335 g/mol. The zero-order chi connectivity index (χ0) is 14.9. The molecule has 0 radical (unpaired) electrons. The molecule has 0 spiro atoms. The third-order valence-corrected chi connectivity index (χ3v) is 3.91. The quantitative estimate of drug-likeness (QED) is 0.905. The van der Waals surface area contributed by atoms with Crippen molar-refractivity contribution in [1.82, 2.24) is 9.97 Å². The molecule has 20 heavy (non-hydrogen) atoms. The van der Waals surface area contributed by atoms with Crippen molar-refractivity contribution in [2.75, 3.05) is 5.73 Å². The van der Waals surface area contributed by atoms with E-state index in [2.05, 4.69) is 25.9 Å². The molecule has 1 heterocycles. The molecule has 0 aliphatic heterocycles. The lowest BCUT2D eigenvalue weighted by Gasteiger charge is -2.13. The molecule has 0 saturated carbocycles. The standard InChI is InChI=1S/C15H18BrN3O/c1-8(2)14-18-13(17)10(4)15(19-14)20-11-5-6-12(16)9(3)7-11/h5-8H,1-4H3,(H2,17,18,19). The van der Waals surface area contributed by atoms with Gasteiger partial charge in [-0.15, -0.1) is 0 Å². The third kappa shape index (κ3) is 3.10. The van der Waals surface area contributed by atoms with Crippen LogP contribution in [0.5, 0.6) is 11.6 Å². The minimum Gasteiger partial charge on any atom is -0.439 e. The summed E-state index contributed by atoms with van der Waals surface area (Å²) in [6.45, 7) is 7.92. The molecule has 2 aromatic rings. The Morgan fingerprint density at radius 1 is 1.20 bits per heavy atom. The zero-order valence-corrected chi connectivity index (χ0v) is 13.7. The summed E-state index contributed by atoms with van der Waals surface area (Å²) in [6, 6.07) is 5.80. The van der Waals surface area contributed by atoms with E-state index in [0.717, 1.165) is 21.3 Å². The zero-order valence-electron chi connectivity index (χ0n) is 12.1. The lowest BCUT2D eigenvalue weighted by molar-refractivity contribution is 0.453. The first-order valence-corrected chi connectivity index (χ1v) is 7.25.